The standard InChI is InChI=1S/C13H24N2O4/c1-9(2)8-19-5-4-14-13(18)15-6-10(3)11(7-15)12(16)17/h9-11H,4-8H2,1-3H3,(H,14,18)(H,16,17)/t10-,11-/m1/s1. The fraction of sp³-hybridized carbons (Fsp3) is 0.846. The highest BCUT2D eigenvalue weighted by Gasteiger charge is 2.36. The molecule has 1 saturated heterocycles. The summed E-state index contributed by atoms with van der Waals surface area (Å²) in [6, 6.07) is -0.205. The minimum absolute atomic E-state index is 0.000408. The third-order valence-electron chi connectivity index (χ3n) is 3.19. The van der Waals surface area contributed by atoms with Crippen LogP contribution in [0.3, 0.4) is 0 Å². The Hall–Kier alpha value is -1.30. The van der Waals surface area contributed by atoms with Crippen LogP contribution in [-0.2, 0) is 9.53 Å². The Bertz CT molecular complexity index is 320. The molecule has 0 unspecified atom stereocenters. The highest BCUT2D eigenvalue weighted by Crippen LogP contribution is 2.22. The first-order valence-electron chi connectivity index (χ1n) is 6.75. The van der Waals surface area contributed by atoms with Crippen LogP contribution in [0.1, 0.15) is 20.8 Å². The first kappa shape index (κ1) is 15.8. The molecule has 0 bridgehead atoms. The number of carboxylic acid groups (broad SMARTS) is 1. The number of rotatable bonds is 6. The summed E-state index contributed by atoms with van der Waals surface area (Å²) in [6.07, 6.45) is 0. The molecule has 6 heteroatoms. The summed E-state index contributed by atoms with van der Waals surface area (Å²) in [5.74, 6) is -0.807. The van der Waals surface area contributed by atoms with Gasteiger partial charge in [0.1, 0.15) is 0 Å². The van der Waals surface area contributed by atoms with Crippen molar-refractivity contribution in [2.24, 2.45) is 17.8 Å². The number of carbonyl (C=O) groups is 2. The van der Waals surface area contributed by atoms with E-state index in [2.05, 4.69) is 19.2 Å². The quantitative estimate of drug-likeness (QED) is 0.708. The molecule has 1 rings (SSSR count). The average Bonchev–Trinajstić information content (AvgIpc) is 2.70. The molecule has 1 aliphatic heterocycles. The molecule has 0 aromatic rings. The van der Waals surface area contributed by atoms with Crippen molar-refractivity contribution in [2.45, 2.75) is 20.8 Å². The van der Waals surface area contributed by atoms with Crippen molar-refractivity contribution in [1.29, 1.82) is 0 Å². The lowest BCUT2D eigenvalue weighted by Gasteiger charge is -2.17. The van der Waals surface area contributed by atoms with Gasteiger partial charge in [-0.25, -0.2) is 4.79 Å². The Morgan fingerprint density at radius 3 is 2.63 bits per heavy atom. The maximum atomic E-state index is 11.8. The smallest absolute Gasteiger partial charge is 0.317 e. The van der Waals surface area contributed by atoms with E-state index in [4.69, 9.17) is 9.84 Å². The molecular formula is C13H24N2O4. The van der Waals surface area contributed by atoms with E-state index in [1.54, 1.807) is 4.90 Å². The molecule has 1 aliphatic rings. The van der Waals surface area contributed by atoms with Gasteiger partial charge in [0, 0.05) is 26.2 Å². The van der Waals surface area contributed by atoms with E-state index < -0.39 is 11.9 Å². The summed E-state index contributed by atoms with van der Waals surface area (Å²) in [7, 11) is 0. The molecule has 0 aliphatic carbocycles. The van der Waals surface area contributed by atoms with E-state index in [0.717, 1.165) is 0 Å². The second-order valence-electron chi connectivity index (χ2n) is 5.53. The molecule has 6 nitrogen and oxygen atoms in total. The van der Waals surface area contributed by atoms with Crippen molar-refractivity contribution in [1.82, 2.24) is 10.2 Å². The van der Waals surface area contributed by atoms with Crippen LogP contribution in [-0.4, -0.2) is 54.9 Å². The summed E-state index contributed by atoms with van der Waals surface area (Å²) in [6.45, 7) is 8.39. The fourth-order valence-electron chi connectivity index (χ4n) is 2.12. The first-order chi connectivity index (χ1) is 8.91. The number of nitrogens with zero attached hydrogens (tertiary/aromatic N) is 1. The second-order valence-corrected chi connectivity index (χ2v) is 5.53. The summed E-state index contributed by atoms with van der Waals surface area (Å²) in [4.78, 5) is 24.3. The van der Waals surface area contributed by atoms with Crippen molar-refractivity contribution >= 4 is 12.0 Å². The molecule has 0 spiro atoms. The van der Waals surface area contributed by atoms with Gasteiger partial charge in [0.05, 0.1) is 12.5 Å². The number of ether oxygens (including phenoxy) is 1. The molecule has 2 N–H and O–H groups in total. The molecule has 110 valence electrons. The monoisotopic (exact) mass is 272 g/mol. The van der Waals surface area contributed by atoms with Crippen molar-refractivity contribution in [2.75, 3.05) is 32.8 Å². The number of hydrogen-bond acceptors (Lipinski definition) is 3. The third-order valence-corrected chi connectivity index (χ3v) is 3.19. The number of carboxylic acids is 1. The normalized spacial score (nSPS) is 22.8. The minimum atomic E-state index is -0.830. The number of carbonyl (C=O) groups excluding carboxylic acids is 1. The van der Waals surface area contributed by atoms with Gasteiger partial charge in [0.15, 0.2) is 0 Å². The zero-order chi connectivity index (χ0) is 14.4. The van der Waals surface area contributed by atoms with Gasteiger partial charge in [-0.2, -0.15) is 0 Å². The van der Waals surface area contributed by atoms with Crippen LogP contribution in [0.2, 0.25) is 0 Å². The summed E-state index contributed by atoms with van der Waals surface area (Å²) in [5, 5.41) is 11.8. The molecule has 0 saturated carbocycles. The number of nitrogens with one attached hydrogen (secondary N) is 1. The zero-order valence-electron chi connectivity index (χ0n) is 11.9. The van der Waals surface area contributed by atoms with Crippen LogP contribution in [0, 0.1) is 17.8 Å². The van der Waals surface area contributed by atoms with E-state index in [1.165, 1.54) is 0 Å². The van der Waals surface area contributed by atoms with Crippen molar-refractivity contribution in [3.05, 3.63) is 0 Å². The number of urea groups is 1. The van der Waals surface area contributed by atoms with Crippen LogP contribution >= 0.6 is 0 Å². The average molecular weight is 272 g/mol. The Morgan fingerprint density at radius 1 is 1.42 bits per heavy atom. The van der Waals surface area contributed by atoms with Gasteiger partial charge < -0.3 is 20.1 Å². The first-order valence-corrected chi connectivity index (χ1v) is 6.75. The number of hydrogen-bond donors (Lipinski definition) is 2. The molecular weight excluding hydrogens is 248 g/mol. The molecule has 1 heterocycles. The molecule has 2 amide bonds. The lowest BCUT2D eigenvalue weighted by atomic mass is 9.99. The Kier molecular flexibility index (Phi) is 6.08. The van der Waals surface area contributed by atoms with Gasteiger partial charge in [-0.1, -0.05) is 20.8 Å². The number of amides is 2. The SMILES string of the molecule is CC(C)COCCNC(=O)N1C[C@@H](C)[C@H](C(=O)O)C1. The highest BCUT2D eigenvalue weighted by molar-refractivity contribution is 5.77. The molecule has 0 aromatic heterocycles. The van der Waals surface area contributed by atoms with E-state index in [-0.39, 0.29) is 18.5 Å². The van der Waals surface area contributed by atoms with Crippen LogP contribution < -0.4 is 5.32 Å². The van der Waals surface area contributed by atoms with E-state index in [0.29, 0.717) is 32.2 Å². The van der Waals surface area contributed by atoms with Gasteiger partial charge in [-0.3, -0.25) is 4.79 Å². The molecule has 2 atom stereocenters. The maximum Gasteiger partial charge on any atom is 0.317 e. The predicted octanol–water partition coefficient (Wildman–Crippen LogP) is 1.02. The Labute approximate surface area is 114 Å². The Morgan fingerprint density at radius 2 is 2.11 bits per heavy atom. The lowest BCUT2D eigenvalue weighted by Crippen LogP contribution is -2.40. The van der Waals surface area contributed by atoms with E-state index in [9.17, 15) is 9.59 Å². The maximum absolute atomic E-state index is 11.8. The molecule has 19 heavy (non-hydrogen) atoms. The summed E-state index contributed by atoms with van der Waals surface area (Å²) in [5.41, 5.74) is 0. The van der Waals surface area contributed by atoms with Crippen molar-refractivity contribution < 1.29 is 19.4 Å². The van der Waals surface area contributed by atoms with Gasteiger partial charge in [-0.05, 0) is 11.8 Å². The topological polar surface area (TPSA) is 78.9 Å². The molecule has 0 radical (unpaired) electrons. The van der Waals surface area contributed by atoms with Gasteiger partial charge >= 0.3 is 12.0 Å². The van der Waals surface area contributed by atoms with E-state index in [1.807, 2.05) is 6.92 Å². The summed E-state index contributed by atoms with van der Waals surface area (Å²) < 4.78 is 5.36. The van der Waals surface area contributed by atoms with Crippen LogP contribution in [0.25, 0.3) is 0 Å². The lowest BCUT2D eigenvalue weighted by molar-refractivity contribution is -0.142. The fourth-order valence-corrected chi connectivity index (χ4v) is 2.12. The van der Waals surface area contributed by atoms with E-state index >= 15 is 0 Å². The van der Waals surface area contributed by atoms with Crippen molar-refractivity contribution in [3.63, 3.8) is 0 Å². The van der Waals surface area contributed by atoms with Gasteiger partial charge in [0.2, 0.25) is 0 Å². The number of likely N-dealkylation sites (tertiary alicyclic amines) is 1. The Balaban J connectivity index is 2.22. The van der Waals surface area contributed by atoms with Crippen LogP contribution in [0.4, 0.5) is 4.79 Å². The minimum Gasteiger partial charge on any atom is -0.481 e. The zero-order valence-corrected chi connectivity index (χ0v) is 11.9. The second kappa shape index (κ2) is 7.33. The van der Waals surface area contributed by atoms with Crippen LogP contribution in [0.15, 0.2) is 0 Å². The molecule has 0 aromatic carbocycles. The number of aliphatic carboxylic acids is 1. The summed E-state index contributed by atoms with van der Waals surface area (Å²) >= 11 is 0. The predicted molar refractivity (Wildman–Crippen MR) is 70.9 cm³/mol. The van der Waals surface area contributed by atoms with Crippen molar-refractivity contribution in [3.8, 4) is 0 Å². The van der Waals surface area contributed by atoms with Gasteiger partial charge in [-0.15, -0.1) is 0 Å². The third kappa shape index (κ3) is 5.06. The highest BCUT2D eigenvalue weighted by atomic mass is 16.5. The van der Waals surface area contributed by atoms with Crippen LogP contribution in [0.5, 0.6) is 0 Å². The van der Waals surface area contributed by atoms with Gasteiger partial charge in [0.25, 0.3) is 0 Å². The largest absolute Gasteiger partial charge is 0.481 e. The molecule has 1 fully saturated rings.